The van der Waals surface area contributed by atoms with Crippen molar-refractivity contribution in [1.29, 1.82) is 0 Å². The maximum atomic E-state index is 13.0. The van der Waals surface area contributed by atoms with Crippen molar-refractivity contribution in [3.05, 3.63) is 65.5 Å². The van der Waals surface area contributed by atoms with Gasteiger partial charge in [0.15, 0.2) is 0 Å². The molecular formula is C20H23FN2O6S. The maximum absolute atomic E-state index is 13.0. The first-order chi connectivity index (χ1) is 14.1. The number of halogens is 1. The normalized spacial score (nSPS) is 15.1. The van der Waals surface area contributed by atoms with Crippen LogP contribution in [-0.2, 0) is 26.2 Å². The van der Waals surface area contributed by atoms with Gasteiger partial charge in [0.05, 0.1) is 4.90 Å². The molecule has 2 N–H and O–H groups in total. The number of carbonyl (C=O) groups is 2. The molecule has 1 fully saturated rings. The lowest BCUT2D eigenvalue weighted by Crippen LogP contribution is -2.48. The summed E-state index contributed by atoms with van der Waals surface area (Å²) in [4.78, 5) is 20.6. The standard InChI is InChI=1S/C18H21FN2O2S.C2H2O4/c1-15-2-4-16(5-3-15)14-20-10-12-21(13-11-20)24(22,23)18-8-6-17(19)7-9-18;3-1(4)2(5)6/h2-9H,10-14H2,1H3;(H,3,4)(H,5,6). The van der Waals surface area contributed by atoms with E-state index in [0.717, 1.165) is 6.54 Å². The number of rotatable bonds is 4. The zero-order valence-corrected chi connectivity index (χ0v) is 17.2. The second-order valence-electron chi connectivity index (χ2n) is 6.73. The summed E-state index contributed by atoms with van der Waals surface area (Å²) in [5.41, 5.74) is 2.46. The Morgan fingerprint density at radius 2 is 1.40 bits per heavy atom. The Morgan fingerprint density at radius 3 is 1.87 bits per heavy atom. The number of aryl methyl sites for hydroxylation is 1. The second kappa shape index (κ2) is 10.3. The average molecular weight is 438 g/mol. The van der Waals surface area contributed by atoms with E-state index in [4.69, 9.17) is 19.8 Å². The van der Waals surface area contributed by atoms with Crippen LogP contribution < -0.4 is 0 Å². The Morgan fingerprint density at radius 1 is 0.900 bits per heavy atom. The number of benzene rings is 2. The Bertz CT molecular complexity index is 957. The molecule has 30 heavy (non-hydrogen) atoms. The van der Waals surface area contributed by atoms with Crippen molar-refractivity contribution < 1.29 is 32.6 Å². The number of aliphatic carboxylic acids is 2. The predicted octanol–water partition coefficient (Wildman–Crippen LogP) is 1.80. The number of piperazine rings is 1. The summed E-state index contributed by atoms with van der Waals surface area (Å²) in [5.74, 6) is -4.08. The van der Waals surface area contributed by atoms with Gasteiger partial charge >= 0.3 is 11.9 Å². The summed E-state index contributed by atoms with van der Waals surface area (Å²) in [6.07, 6.45) is 0. The molecule has 3 rings (SSSR count). The maximum Gasteiger partial charge on any atom is 0.414 e. The molecule has 162 valence electrons. The van der Waals surface area contributed by atoms with Crippen molar-refractivity contribution in [3.8, 4) is 0 Å². The van der Waals surface area contributed by atoms with Crippen LogP contribution in [0.3, 0.4) is 0 Å². The first kappa shape index (κ1) is 23.5. The van der Waals surface area contributed by atoms with E-state index < -0.39 is 27.8 Å². The molecule has 2 aromatic rings. The van der Waals surface area contributed by atoms with E-state index in [2.05, 4.69) is 36.1 Å². The van der Waals surface area contributed by atoms with Crippen molar-refractivity contribution in [2.75, 3.05) is 26.2 Å². The fourth-order valence-electron chi connectivity index (χ4n) is 2.84. The largest absolute Gasteiger partial charge is 0.473 e. The van der Waals surface area contributed by atoms with Crippen LogP contribution in [-0.4, -0.2) is 66.0 Å². The first-order valence-corrected chi connectivity index (χ1v) is 10.5. The molecule has 0 spiro atoms. The summed E-state index contributed by atoms with van der Waals surface area (Å²) in [7, 11) is -3.54. The Hall–Kier alpha value is -2.82. The molecule has 1 aliphatic rings. The van der Waals surface area contributed by atoms with E-state index >= 15 is 0 Å². The minimum atomic E-state index is -3.54. The fourth-order valence-corrected chi connectivity index (χ4v) is 4.26. The van der Waals surface area contributed by atoms with E-state index in [9.17, 15) is 12.8 Å². The SMILES string of the molecule is Cc1ccc(CN2CCN(S(=O)(=O)c3ccc(F)cc3)CC2)cc1.O=C(O)C(=O)O. The van der Waals surface area contributed by atoms with Gasteiger partial charge in [-0.2, -0.15) is 4.31 Å². The molecule has 0 saturated carbocycles. The highest BCUT2D eigenvalue weighted by molar-refractivity contribution is 7.89. The highest BCUT2D eigenvalue weighted by Gasteiger charge is 2.28. The lowest BCUT2D eigenvalue weighted by Gasteiger charge is -2.34. The van der Waals surface area contributed by atoms with Crippen LogP contribution in [0.15, 0.2) is 53.4 Å². The number of sulfonamides is 1. The second-order valence-corrected chi connectivity index (χ2v) is 8.67. The van der Waals surface area contributed by atoms with Gasteiger partial charge in [-0.1, -0.05) is 29.8 Å². The molecule has 0 radical (unpaired) electrons. The molecule has 1 aliphatic heterocycles. The van der Waals surface area contributed by atoms with E-state index in [1.165, 1.54) is 39.7 Å². The zero-order chi connectivity index (χ0) is 22.3. The molecule has 0 amide bonds. The van der Waals surface area contributed by atoms with Gasteiger partial charge in [-0.3, -0.25) is 4.90 Å². The number of carboxylic acids is 2. The van der Waals surface area contributed by atoms with Gasteiger partial charge in [0.2, 0.25) is 10.0 Å². The van der Waals surface area contributed by atoms with Gasteiger partial charge in [-0.25, -0.2) is 22.4 Å². The third-order valence-corrected chi connectivity index (χ3v) is 6.41. The molecule has 0 aliphatic carbocycles. The minimum Gasteiger partial charge on any atom is -0.473 e. The van der Waals surface area contributed by atoms with E-state index in [1.807, 2.05) is 0 Å². The van der Waals surface area contributed by atoms with Crippen LogP contribution in [0.25, 0.3) is 0 Å². The summed E-state index contributed by atoms with van der Waals surface area (Å²) in [5, 5.41) is 14.8. The van der Waals surface area contributed by atoms with Crippen molar-refractivity contribution >= 4 is 22.0 Å². The fraction of sp³-hybridized carbons (Fsp3) is 0.300. The van der Waals surface area contributed by atoms with Gasteiger partial charge in [0.25, 0.3) is 0 Å². The van der Waals surface area contributed by atoms with Gasteiger partial charge in [0, 0.05) is 32.7 Å². The summed E-state index contributed by atoms with van der Waals surface area (Å²) < 4.78 is 39.6. The van der Waals surface area contributed by atoms with Crippen LogP contribution in [0.1, 0.15) is 11.1 Å². The van der Waals surface area contributed by atoms with Crippen LogP contribution >= 0.6 is 0 Å². The molecule has 8 nitrogen and oxygen atoms in total. The predicted molar refractivity (Wildman–Crippen MR) is 107 cm³/mol. The Kier molecular flexibility index (Phi) is 8.04. The Balaban J connectivity index is 0.000000469. The third-order valence-electron chi connectivity index (χ3n) is 4.49. The molecular weight excluding hydrogens is 415 g/mol. The monoisotopic (exact) mass is 438 g/mol. The van der Waals surface area contributed by atoms with Gasteiger partial charge in [-0.15, -0.1) is 0 Å². The molecule has 0 aromatic heterocycles. The van der Waals surface area contributed by atoms with Crippen molar-refractivity contribution in [3.63, 3.8) is 0 Å². The molecule has 2 aromatic carbocycles. The third kappa shape index (κ3) is 6.61. The van der Waals surface area contributed by atoms with Crippen LogP contribution in [0.2, 0.25) is 0 Å². The lowest BCUT2D eigenvalue weighted by molar-refractivity contribution is -0.159. The van der Waals surface area contributed by atoms with Crippen molar-refractivity contribution in [1.82, 2.24) is 9.21 Å². The van der Waals surface area contributed by atoms with Gasteiger partial charge in [0.1, 0.15) is 5.82 Å². The molecule has 1 heterocycles. The Labute approximate surface area is 174 Å². The quantitative estimate of drug-likeness (QED) is 0.700. The van der Waals surface area contributed by atoms with Crippen molar-refractivity contribution in [2.24, 2.45) is 0 Å². The highest BCUT2D eigenvalue weighted by atomic mass is 32.2. The summed E-state index contributed by atoms with van der Waals surface area (Å²) in [6, 6.07) is 13.4. The van der Waals surface area contributed by atoms with Gasteiger partial charge in [-0.05, 0) is 36.8 Å². The molecule has 10 heteroatoms. The van der Waals surface area contributed by atoms with E-state index in [1.54, 1.807) is 0 Å². The number of hydrogen-bond donors (Lipinski definition) is 2. The number of nitrogens with zero attached hydrogens (tertiary/aromatic N) is 2. The topological polar surface area (TPSA) is 115 Å². The summed E-state index contributed by atoms with van der Waals surface area (Å²) in [6.45, 7) is 5.16. The van der Waals surface area contributed by atoms with E-state index in [0.29, 0.717) is 26.2 Å². The minimum absolute atomic E-state index is 0.149. The number of hydrogen-bond acceptors (Lipinski definition) is 5. The smallest absolute Gasteiger partial charge is 0.414 e. The van der Waals surface area contributed by atoms with Crippen LogP contribution in [0, 0.1) is 12.7 Å². The first-order valence-electron chi connectivity index (χ1n) is 9.09. The molecule has 0 unspecified atom stereocenters. The highest BCUT2D eigenvalue weighted by Crippen LogP contribution is 2.19. The molecule has 0 bridgehead atoms. The van der Waals surface area contributed by atoms with Crippen molar-refractivity contribution in [2.45, 2.75) is 18.4 Å². The average Bonchev–Trinajstić information content (AvgIpc) is 2.71. The molecule has 0 atom stereocenters. The molecule has 1 saturated heterocycles. The summed E-state index contributed by atoms with van der Waals surface area (Å²) >= 11 is 0. The van der Waals surface area contributed by atoms with E-state index in [-0.39, 0.29) is 4.90 Å². The van der Waals surface area contributed by atoms with Crippen LogP contribution in [0.4, 0.5) is 4.39 Å². The number of carboxylic acid groups (broad SMARTS) is 2. The van der Waals surface area contributed by atoms with Gasteiger partial charge < -0.3 is 10.2 Å². The lowest BCUT2D eigenvalue weighted by atomic mass is 10.1. The zero-order valence-electron chi connectivity index (χ0n) is 16.4. The van der Waals surface area contributed by atoms with Crippen LogP contribution in [0.5, 0.6) is 0 Å².